The number of halogens is 1. The summed E-state index contributed by atoms with van der Waals surface area (Å²) in [6.07, 6.45) is 0. The van der Waals surface area contributed by atoms with Crippen LogP contribution < -0.4 is 10.1 Å². The molecular formula is C13H9BrN2O2S. The van der Waals surface area contributed by atoms with Gasteiger partial charge in [0.05, 0.1) is 23.2 Å². The van der Waals surface area contributed by atoms with Gasteiger partial charge in [-0.2, -0.15) is 5.26 Å². The number of nitriles is 1. The molecule has 6 heteroatoms. The van der Waals surface area contributed by atoms with Crippen LogP contribution in [0.3, 0.4) is 0 Å². The molecule has 4 nitrogen and oxygen atoms in total. The molecule has 0 aliphatic carbocycles. The standard InChI is InChI=1S/C13H9BrN2O2S/c1-18-10-5-12(19-7-10)13(17)16-11-4-9(14)3-2-8(11)6-15/h2-5,7H,1H3,(H,16,17). The Morgan fingerprint density at radius 1 is 1.47 bits per heavy atom. The van der Waals surface area contributed by atoms with E-state index in [0.29, 0.717) is 21.9 Å². The largest absolute Gasteiger partial charge is 0.496 e. The molecule has 1 N–H and O–H groups in total. The number of ether oxygens (including phenoxy) is 1. The van der Waals surface area contributed by atoms with Crippen LogP contribution in [0.2, 0.25) is 0 Å². The molecule has 0 atom stereocenters. The molecular weight excluding hydrogens is 328 g/mol. The molecule has 0 bridgehead atoms. The minimum Gasteiger partial charge on any atom is -0.496 e. The molecule has 1 heterocycles. The van der Waals surface area contributed by atoms with Gasteiger partial charge in [0.15, 0.2) is 0 Å². The van der Waals surface area contributed by atoms with Crippen LogP contribution in [0.4, 0.5) is 5.69 Å². The Morgan fingerprint density at radius 3 is 2.89 bits per heavy atom. The number of hydrogen-bond donors (Lipinski definition) is 1. The summed E-state index contributed by atoms with van der Waals surface area (Å²) in [5.41, 5.74) is 0.898. The van der Waals surface area contributed by atoms with Crippen molar-refractivity contribution < 1.29 is 9.53 Å². The smallest absolute Gasteiger partial charge is 0.265 e. The van der Waals surface area contributed by atoms with Crippen molar-refractivity contribution in [2.24, 2.45) is 0 Å². The van der Waals surface area contributed by atoms with Gasteiger partial charge >= 0.3 is 0 Å². The number of nitrogens with one attached hydrogen (secondary N) is 1. The average Bonchev–Trinajstić information content (AvgIpc) is 2.88. The van der Waals surface area contributed by atoms with Gasteiger partial charge in [0.2, 0.25) is 0 Å². The molecule has 0 fully saturated rings. The van der Waals surface area contributed by atoms with E-state index in [1.54, 1.807) is 36.8 Å². The molecule has 0 radical (unpaired) electrons. The van der Waals surface area contributed by atoms with Crippen molar-refractivity contribution in [3.05, 3.63) is 44.6 Å². The molecule has 19 heavy (non-hydrogen) atoms. The zero-order chi connectivity index (χ0) is 13.8. The van der Waals surface area contributed by atoms with Crippen LogP contribution >= 0.6 is 27.3 Å². The maximum absolute atomic E-state index is 12.0. The van der Waals surface area contributed by atoms with Crippen LogP contribution in [0.15, 0.2) is 34.1 Å². The Kier molecular flexibility index (Phi) is 4.20. The van der Waals surface area contributed by atoms with E-state index in [2.05, 4.69) is 21.2 Å². The lowest BCUT2D eigenvalue weighted by molar-refractivity contribution is 0.103. The molecule has 1 aromatic heterocycles. The Morgan fingerprint density at radius 2 is 2.26 bits per heavy atom. The van der Waals surface area contributed by atoms with Gasteiger partial charge in [-0.05, 0) is 18.2 Å². The van der Waals surface area contributed by atoms with E-state index >= 15 is 0 Å². The number of carbonyl (C=O) groups excluding carboxylic acids is 1. The van der Waals surface area contributed by atoms with Crippen molar-refractivity contribution in [1.82, 2.24) is 0 Å². The monoisotopic (exact) mass is 336 g/mol. The number of thiophene rings is 1. The highest BCUT2D eigenvalue weighted by molar-refractivity contribution is 9.10. The molecule has 0 unspecified atom stereocenters. The fourth-order valence-electron chi connectivity index (χ4n) is 1.45. The number of anilines is 1. The van der Waals surface area contributed by atoms with Crippen LogP contribution in [-0.2, 0) is 0 Å². The Balaban J connectivity index is 2.23. The maximum Gasteiger partial charge on any atom is 0.265 e. The molecule has 0 saturated heterocycles. The topological polar surface area (TPSA) is 62.1 Å². The van der Waals surface area contributed by atoms with Gasteiger partial charge in [-0.1, -0.05) is 15.9 Å². The summed E-state index contributed by atoms with van der Waals surface area (Å²) in [6.45, 7) is 0. The summed E-state index contributed by atoms with van der Waals surface area (Å²) in [4.78, 5) is 12.6. The number of benzene rings is 1. The van der Waals surface area contributed by atoms with Crippen LogP contribution in [0.5, 0.6) is 5.75 Å². The van der Waals surface area contributed by atoms with Crippen LogP contribution in [-0.4, -0.2) is 13.0 Å². The summed E-state index contributed by atoms with van der Waals surface area (Å²) in [5.74, 6) is 0.382. The van der Waals surface area contributed by atoms with E-state index in [4.69, 9.17) is 10.00 Å². The quantitative estimate of drug-likeness (QED) is 0.930. The van der Waals surface area contributed by atoms with Gasteiger partial charge in [-0.3, -0.25) is 4.79 Å². The Labute approximate surface area is 122 Å². The third kappa shape index (κ3) is 3.13. The van der Waals surface area contributed by atoms with E-state index in [-0.39, 0.29) is 5.91 Å². The van der Waals surface area contributed by atoms with Crippen molar-refractivity contribution in [1.29, 1.82) is 5.26 Å². The molecule has 0 aliphatic heterocycles. The van der Waals surface area contributed by atoms with Crippen molar-refractivity contribution in [2.45, 2.75) is 0 Å². The second kappa shape index (κ2) is 5.87. The first-order valence-electron chi connectivity index (χ1n) is 5.27. The molecule has 96 valence electrons. The second-order valence-electron chi connectivity index (χ2n) is 3.61. The highest BCUT2D eigenvalue weighted by Gasteiger charge is 2.12. The summed E-state index contributed by atoms with van der Waals surface area (Å²) in [6, 6.07) is 8.79. The predicted molar refractivity (Wildman–Crippen MR) is 77.7 cm³/mol. The van der Waals surface area contributed by atoms with Gasteiger partial charge in [-0.25, -0.2) is 0 Å². The van der Waals surface area contributed by atoms with Gasteiger partial charge in [0.1, 0.15) is 11.8 Å². The van der Waals surface area contributed by atoms with Crippen molar-refractivity contribution in [3.63, 3.8) is 0 Å². The van der Waals surface area contributed by atoms with Gasteiger partial charge in [0, 0.05) is 15.9 Å². The van der Waals surface area contributed by atoms with Crippen LogP contribution in [0.25, 0.3) is 0 Å². The highest BCUT2D eigenvalue weighted by atomic mass is 79.9. The van der Waals surface area contributed by atoms with E-state index in [9.17, 15) is 4.79 Å². The third-order valence-electron chi connectivity index (χ3n) is 2.39. The normalized spacial score (nSPS) is 9.74. The average molecular weight is 337 g/mol. The fourth-order valence-corrected chi connectivity index (χ4v) is 2.56. The molecule has 1 aromatic carbocycles. The summed E-state index contributed by atoms with van der Waals surface area (Å²) >= 11 is 4.60. The molecule has 0 spiro atoms. The van der Waals surface area contributed by atoms with Crippen LogP contribution in [0.1, 0.15) is 15.2 Å². The van der Waals surface area contributed by atoms with E-state index in [1.807, 2.05) is 6.07 Å². The first-order valence-corrected chi connectivity index (χ1v) is 6.95. The van der Waals surface area contributed by atoms with E-state index in [0.717, 1.165) is 4.47 Å². The van der Waals surface area contributed by atoms with Crippen molar-refractivity contribution in [2.75, 3.05) is 12.4 Å². The summed E-state index contributed by atoms with van der Waals surface area (Å²) < 4.78 is 5.83. The zero-order valence-electron chi connectivity index (χ0n) is 9.94. The third-order valence-corrected chi connectivity index (χ3v) is 3.79. The minimum absolute atomic E-state index is 0.261. The first-order chi connectivity index (χ1) is 9.13. The first kappa shape index (κ1) is 13.6. The highest BCUT2D eigenvalue weighted by Crippen LogP contribution is 2.25. The lowest BCUT2D eigenvalue weighted by Crippen LogP contribution is -2.11. The Hall–Kier alpha value is -1.84. The lowest BCUT2D eigenvalue weighted by Gasteiger charge is -2.06. The number of rotatable bonds is 3. The summed E-state index contributed by atoms with van der Waals surface area (Å²) in [5, 5.41) is 13.5. The molecule has 1 amide bonds. The predicted octanol–water partition coefficient (Wildman–Crippen LogP) is 3.64. The van der Waals surface area contributed by atoms with E-state index in [1.165, 1.54) is 11.3 Å². The van der Waals surface area contributed by atoms with Crippen molar-refractivity contribution in [3.8, 4) is 11.8 Å². The van der Waals surface area contributed by atoms with Gasteiger partial charge in [0.25, 0.3) is 5.91 Å². The number of hydrogen-bond acceptors (Lipinski definition) is 4. The van der Waals surface area contributed by atoms with Crippen LogP contribution in [0, 0.1) is 11.3 Å². The molecule has 2 aromatic rings. The lowest BCUT2D eigenvalue weighted by atomic mass is 10.2. The number of amides is 1. The Bertz CT molecular complexity index is 661. The van der Waals surface area contributed by atoms with E-state index < -0.39 is 0 Å². The number of carbonyl (C=O) groups is 1. The molecule has 0 aliphatic rings. The second-order valence-corrected chi connectivity index (χ2v) is 5.43. The maximum atomic E-state index is 12.0. The number of methoxy groups -OCH3 is 1. The SMILES string of the molecule is COc1csc(C(=O)Nc2cc(Br)ccc2C#N)c1. The molecule has 2 rings (SSSR count). The minimum atomic E-state index is -0.261. The van der Waals surface area contributed by atoms with Gasteiger partial charge < -0.3 is 10.1 Å². The number of nitrogens with zero attached hydrogens (tertiary/aromatic N) is 1. The fraction of sp³-hybridized carbons (Fsp3) is 0.0769. The molecule has 0 saturated carbocycles. The van der Waals surface area contributed by atoms with Crippen molar-refractivity contribution >= 4 is 38.9 Å². The van der Waals surface area contributed by atoms with Gasteiger partial charge in [-0.15, -0.1) is 11.3 Å². The summed E-state index contributed by atoms with van der Waals surface area (Å²) in [7, 11) is 1.55. The zero-order valence-corrected chi connectivity index (χ0v) is 12.3.